The van der Waals surface area contributed by atoms with Crippen LogP contribution in [-0.4, -0.2) is 22.4 Å². The Bertz CT molecular complexity index is 380. The van der Waals surface area contributed by atoms with Crippen LogP contribution in [0.25, 0.3) is 0 Å². The highest BCUT2D eigenvalue weighted by atomic mass is 35.5. The first kappa shape index (κ1) is 8.72. The summed E-state index contributed by atoms with van der Waals surface area (Å²) in [5.74, 6) is -0.233. The van der Waals surface area contributed by atoms with Gasteiger partial charge in [0.1, 0.15) is 5.15 Å². The van der Waals surface area contributed by atoms with E-state index in [1.165, 1.54) is 0 Å². The molecule has 1 aliphatic rings. The summed E-state index contributed by atoms with van der Waals surface area (Å²) in [6.07, 6.45) is 0.642. The van der Waals surface area contributed by atoms with Crippen LogP contribution in [-0.2, 0) is 6.42 Å². The number of hydrogen-bond acceptors (Lipinski definition) is 3. The summed E-state index contributed by atoms with van der Waals surface area (Å²) in [6.45, 7) is 0.565. The fourth-order valence-electron chi connectivity index (χ4n) is 1.24. The lowest BCUT2D eigenvalue weighted by atomic mass is 10.1. The maximum atomic E-state index is 11.3. The van der Waals surface area contributed by atoms with E-state index in [1.54, 1.807) is 0 Å². The number of nitrogens with one attached hydrogen (secondary N) is 1. The van der Waals surface area contributed by atoms with Crippen LogP contribution in [0.15, 0.2) is 0 Å². The van der Waals surface area contributed by atoms with Crippen molar-refractivity contribution < 1.29 is 4.79 Å². The summed E-state index contributed by atoms with van der Waals surface area (Å²) in [7, 11) is 0. The van der Waals surface area contributed by atoms with Gasteiger partial charge in [0.05, 0.1) is 11.3 Å². The van der Waals surface area contributed by atoms with Crippen molar-refractivity contribution in [2.45, 2.75) is 6.42 Å². The van der Waals surface area contributed by atoms with E-state index >= 15 is 0 Å². The molecule has 0 fully saturated rings. The second-order valence-electron chi connectivity index (χ2n) is 2.61. The number of fused-ring (bicyclic) bond motifs is 1. The summed E-state index contributed by atoms with van der Waals surface area (Å²) in [5.41, 5.74) is 0.964. The van der Waals surface area contributed by atoms with E-state index in [0.717, 1.165) is 0 Å². The van der Waals surface area contributed by atoms with Gasteiger partial charge in [-0.05, 0) is 11.6 Å². The van der Waals surface area contributed by atoms with E-state index < -0.39 is 0 Å². The summed E-state index contributed by atoms with van der Waals surface area (Å²) >= 11 is 11.3. The third-order valence-electron chi connectivity index (χ3n) is 1.79. The van der Waals surface area contributed by atoms with Crippen molar-refractivity contribution in [1.82, 2.24) is 15.3 Å². The molecule has 0 radical (unpaired) electrons. The van der Waals surface area contributed by atoms with Gasteiger partial charge in [-0.3, -0.25) is 4.79 Å². The molecular weight excluding hydrogens is 213 g/mol. The Morgan fingerprint density at radius 1 is 1.31 bits per heavy atom. The molecule has 1 N–H and O–H groups in total. The van der Waals surface area contributed by atoms with E-state index in [-0.39, 0.29) is 16.3 Å². The van der Waals surface area contributed by atoms with E-state index in [1.807, 2.05) is 0 Å². The number of hydrogen-bond donors (Lipinski definition) is 1. The van der Waals surface area contributed by atoms with Crippen molar-refractivity contribution in [3.8, 4) is 0 Å². The molecule has 0 saturated carbocycles. The molecule has 0 aromatic carbocycles. The lowest BCUT2D eigenvalue weighted by Crippen LogP contribution is -2.33. The minimum absolute atomic E-state index is 0.0819. The number of carbonyl (C=O) groups excluding carboxylic acids is 1. The fourth-order valence-corrected chi connectivity index (χ4v) is 1.74. The summed E-state index contributed by atoms with van der Waals surface area (Å²) < 4.78 is 0. The zero-order valence-corrected chi connectivity index (χ0v) is 7.98. The minimum atomic E-state index is -0.233. The number of halogens is 2. The van der Waals surface area contributed by atoms with Gasteiger partial charge < -0.3 is 5.32 Å². The number of aromatic nitrogens is 2. The van der Waals surface area contributed by atoms with E-state index in [4.69, 9.17) is 23.2 Å². The van der Waals surface area contributed by atoms with E-state index in [9.17, 15) is 4.79 Å². The summed E-state index contributed by atoms with van der Waals surface area (Å²) in [6, 6.07) is 0. The Morgan fingerprint density at radius 3 is 2.85 bits per heavy atom. The highest BCUT2D eigenvalue weighted by molar-refractivity contribution is 6.34. The Balaban J connectivity index is 2.63. The number of nitrogens with zero attached hydrogens (tertiary/aromatic N) is 2. The molecule has 0 atom stereocenters. The lowest BCUT2D eigenvalue weighted by Gasteiger charge is -2.15. The molecule has 4 nitrogen and oxygen atoms in total. The Hall–Kier alpha value is -0.870. The van der Waals surface area contributed by atoms with Crippen molar-refractivity contribution in [2.24, 2.45) is 0 Å². The van der Waals surface area contributed by atoms with E-state index in [2.05, 4.69) is 15.3 Å². The van der Waals surface area contributed by atoms with Crippen LogP contribution in [0, 0.1) is 0 Å². The second kappa shape index (κ2) is 3.12. The van der Waals surface area contributed by atoms with Crippen molar-refractivity contribution in [3.63, 3.8) is 0 Å². The highest BCUT2D eigenvalue weighted by Crippen LogP contribution is 2.21. The standard InChI is InChI=1S/C7H5Cl2N3O/c8-5-4-3(11-7(9)12-5)1-2-10-6(4)13/h1-2H2,(H,10,13). The lowest BCUT2D eigenvalue weighted by molar-refractivity contribution is 0.0944. The molecule has 1 aliphatic heterocycles. The van der Waals surface area contributed by atoms with Gasteiger partial charge in [-0.25, -0.2) is 9.97 Å². The van der Waals surface area contributed by atoms with Crippen LogP contribution in [0.4, 0.5) is 0 Å². The van der Waals surface area contributed by atoms with Gasteiger partial charge in [-0.2, -0.15) is 0 Å². The van der Waals surface area contributed by atoms with Crippen molar-refractivity contribution in [2.75, 3.05) is 6.54 Å². The topological polar surface area (TPSA) is 54.9 Å². The van der Waals surface area contributed by atoms with Crippen LogP contribution in [0.3, 0.4) is 0 Å². The molecule has 0 bridgehead atoms. The largest absolute Gasteiger partial charge is 0.351 e. The van der Waals surface area contributed by atoms with Gasteiger partial charge in [-0.1, -0.05) is 11.6 Å². The molecule has 6 heteroatoms. The Morgan fingerprint density at radius 2 is 2.08 bits per heavy atom. The van der Waals surface area contributed by atoms with Gasteiger partial charge in [0.25, 0.3) is 5.91 Å². The number of amides is 1. The molecule has 2 heterocycles. The first-order valence-corrected chi connectivity index (χ1v) is 4.44. The van der Waals surface area contributed by atoms with Gasteiger partial charge in [0.2, 0.25) is 5.28 Å². The van der Waals surface area contributed by atoms with E-state index in [0.29, 0.717) is 24.2 Å². The van der Waals surface area contributed by atoms with Crippen LogP contribution in [0.1, 0.15) is 16.1 Å². The third-order valence-corrected chi connectivity index (χ3v) is 2.23. The highest BCUT2D eigenvalue weighted by Gasteiger charge is 2.22. The molecule has 13 heavy (non-hydrogen) atoms. The number of rotatable bonds is 0. The fraction of sp³-hybridized carbons (Fsp3) is 0.286. The van der Waals surface area contributed by atoms with Gasteiger partial charge in [0.15, 0.2) is 0 Å². The number of carbonyl (C=O) groups is 1. The zero-order valence-electron chi connectivity index (χ0n) is 6.47. The van der Waals surface area contributed by atoms with Gasteiger partial charge in [0, 0.05) is 13.0 Å². The molecule has 1 amide bonds. The van der Waals surface area contributed by atoms with Crippen LogP contribution < -0.4 is 5.32 Å². The molecule has 1 aromatic rings. The van der Waals surface area contributed by atoms with Crippen molar-refractivity contribution in [1.29, 1.82) is 0 Å². The van der Waals surface area contributed by atoms with Crippen LogP contribution >= 0.6 is 23.2 Å². The normalized spacial score (nSPS) is 15.1. The van der Waals surface area contributed by atoms with Crippen LogP contribution in [0.5, 0.6) is 0 Å². The molecular formula is C7H5Cl2N3O. The Kier molecular flexibility index (Phi) is 2.09. The van der Waals surface area contributed by atoms with Crippen LogP contribution in [0.2, 0.25) is 10.4 Å². The smallest absolute Gasteiger partial charge is 0.256 e. The average molecular weight is 218 g/mol. The molecule has 1 aromatic heterocycles. The monoisotopic (exact) mass is 217 g/mol. The first-order chi connectivity index (χ1) is 6.18. The first-order valence-electron chi connectivity index (χ1n) is 3.68. The predicted octanol–water partition coefficient (Wildman–Crippen LogP) is 1.07. The molecule has 0 saturated heterocycles. The summed E-state index contributed by atoms with van der Waals surface area (Å²) in [4.78, 5) is 18.9. The maximum absolute atomic E-state index is 11.3. The zero-order chi connectivity index (χ0) is 9.42. The Labute approximate surface area is 84.3 Å². The predicted molar refractivity (Wildman–Crippen MR) is 48.1 cm³/mol. The summed E-state index contributed by atoms with van der Waals surface area (Å²) in [5, 5.41) is 2.85. The van der Waals surface area contributed by atoms with Gasteiger partial charge in [-0.15, -0.1) is 0 Å². The molecule has 0 aliphatic carbocycles. The second-order valence-corrected chi connectivity index (χ2v) is 3.31. The molecule has 0 spiro atoms. The van der Waals surface area contributed by atoms with Crippen molar-refractivity contribution in [3.05, 3.63) is 21.7 Å². The van der Waals surface area contributed by atoms with Crippen molar-refractivity contribution >= 4 is 29.1 Å². The van der Waals surface area contributed by atoms with Gasteiger partial charge >= 0.3 is 0 Å². The molecule has 2 rings (SSSR count). The molecule has 0 unspecified atom stereocenters. The third kappa shape index (κ3) is 1.47. The maximum Gasteiger partial charge on any atom is 0.256 e. The minimum Gasteiger partial charge on any atom is -0.351 e. The SMILES string of the molecule is O=C1NCCc2nc(Cl)nc(Cl)c21. The average Bonchev–Trinajstić information content (AvgIpc) is 2.02. The molecule has 68 valence electrons. The quantitative estimate of drug-likeness (QED) is 0.523.